The van der Waals surface area contributed by atoms with Crippen LogP contribution in [0.25, 0.3) is 10.2 Å². The van der Waals surface area contributed by atoms with E-state index in [0.717, 1.165) is 15.3 Å². The first-order valence-corrected chi connectivity index (χ1v) is 11.5. The van der Waals surface area contributed by atoms with E-state index in [1.807, 2.05) is 25.8 Å². The molecule has 0 unspecified atom stereocenters. The first kappa shape index (κ1) is 30.0. The van der Waals surface area contributed by atoms with Crippen LogP contribution in [0.15, 0.2) is 42.5 Å². The minimum absolute atomic E-state index is 0.0516. The van der Waals surface area contributed by atoms with E-state index in [2.05, 4.69) is 4.98 Å². The Bertz CT molecular complexity index is 1340. The highest BCUT2D eigenvalue weighted by Gasteiger charge is 2.38. The van der Waals surface area contributed by atoms with E-state index >= 15 is 0 Å². The summed E-state index contributed by atoms with van der Waals surface area (Å²) in [6, 6.07) is 11.6. The molecule has 1 heterocycles. The number of aromatic nitrogens is 1. The molecule has 4 N–H and O–H groups in total. The number of aliphatic carboxylic acids is 1. The number of carbonyl (C=O) groups is 3. The van der Waals surface area contributed by atoms with Crippen LogP contribution in [0.1, 0.15) is 29.8 Å². The van der Waals surface area contributed by atoms with Gasteiger partial charge in [0.15, 0.2) is 5.13 Å². The van der Waals surface area contributed by atoms with Crippen LogP contribution in [-0.2, 0) is 14.3 Å². The van der Waals surface area contributed by atoms with Crippen molar-refractivity contribution in [3.63, 3.8) is 0 Å². The highest BCUT2D eigenvalue weighted by molar-refractivity contribution is 7.22. The summed E-state index contributed by atoms with van der Waals surface area (Å²) in [5, 5.41) is 15.3. The number of anilines is 1. The van der Waals surface area contributed by atoms with Gasteiger partial charge < -0.3 is 25.2 Å². The van der Waals surface area contributed by atoms with Crippen LogP contribution in [-0.4, -0.2) is 60.7 Å². The lowest BCUT2D eigenvalue weighted by Crippen LogP contribution is -2.38. The van der Waals surface area contributed by atoms with Gasteiger partial charge >= 0.3 is 24.1 Å². The third kappa shape index (κ3) is 7.90. The fourth-order valence-electron chi connectivity index (χ4n) is 3.07. The third-order valence-corrected chi connectivity index (χ3v) is 6.06. The van der Waals surface area contributed by atoms with Crippen LogP contribution < -0.4 is 15.4 Å². The molecule has 0 amide bonds. The lowest BCUT2D eigenvalue weighted by Gasteiger charge is -2.27. The summed E-state index contributed by atoms with van der Waals surface area (Å²) in [4.78, 5) is 39.9. The van der Waals surface area contributed by atoms with Crippen LogP contribution in [0, 0.1) is 10.8 Å². The SMILES string of the molecule is COC(=O)C(C)(C)CN(C)c1nc2ccc(C(=O)Oc3ccc(C(=N)N)cc3)cc2s1.O=C(O)C(F)(F)F. The van der Waals surface area contributed by atoms with Gasteiger partial charge in [-0.3, -0.25) is 10.2 Å². The normalized spacial score (nSPS) is 11.2. The van der Waals surface area contributed by atoms with Crippen LogP contribution in [0.5, 0.6) is 5.75 Å². The van der Waals surface area contributed by atoms with Crippen molar-refractivity contribution in [3.8, 4) is 5.75 Å². The van der Waals surface area contributed by atoms with Gasteiger partial charge in [0, 0.05) is 19.2 Å². The lowest BCUT2D eigenvalue weighted by molar-refractivity contribution is -0.192. The lowest BCUT2D eigenvalue weighted by atomic mass is 9.93. The molecule has 1 aromatic heterocycles. The molecule has 0 bridgehead atoms. The molecule has 10 nitrogen and oxygen atoms in total. The molecule has 0 aliphatic heterocycles. The first-order chi connectivity index (χ1) is 17.5. The number of amidine groups is 1. The van der Waals surface area contributed by atoms with Gasteiger partial charge in [-0.2, -0.15) is 13.2 Å². The largest absolute Gasteiger partial charge is 0.490 e. The fraction of sp³-hybridized carbons (Fsp3) is 0.292. The number of thiazole rings is 1. The molecule has 2 aromatic carbocycles. The molecule has 38 heavy (non-hydrogen) atoms. The Kier molecular flexibility index (Phi) is 9.40. The third-order valence-electron chi connectivity index (χ3n) is 4.93. The first-order valence-electron chi connectivity index (χ1n) is 10.7. The summed E-state index contributed by atoms with van der Waals surface area (Å²) in [7, 11) is 3.24. The number of hydrogen-bond donors (Lipinski definition) is 3. The van der Waals surface area contributed by atoms with Crippen molar-refractivity contribution >= 4 is 50.4 Å². The Balaban J connectivity index is 0.000000638. The molecule has 0 aliphatic carbocycles. The molecule has 0 aliphatic rings. The molecule has 0 saturated heterocycles. The van der Waals surface area contributed by atoms with Crippen molar-refractivity contribution in [1.82, 2.24) is 4.98 Å². The van der Waals surface area contributed by atoms with E-state index in [0.29, 0.717) is 23.4 Å². The van der Waals surface area contributed by atoms with Crippen molar-refractivity contribution in [3.05, 3.63) is 53.6 Å². The summed E-state index contributed by atoms with van der Waals surface area (Å²) in [5.74, 6) is -3.23. The number of ether oxygens (including phenoxy) is 2. The number of nitrogens with zero attached hydrogens (tertiary/aromatic N) is 2. The van der Waals surface area contributed by atoms with Crippen LogP contribution >= 0.6 is 11.3 Å². The smallest absolute Gasteiger partial charge is 0.475 e. The van der Waals surface area contributed by atoms with E-state index in [1.165, 1.54) is 18.4 Å². The number of nitrogens with two attached hydrogens (primary N) is 1. The van der Waals surface area contributed by atoms with Gasteiger partial charge in [0.25, 0.3) is 0 Å². The topological polar surface area (TPSA) is 156 Å². The maximum absolute atomic E-state index is 12.5. The number of carbonyl (C=O) groups excluding carboxylic acids is 2. The van der Waals surface area contributed by atoms with Crippen LogP contribution in [0.2, 0.25) is 0 Å². The predicted molar refractivity (Wildman–Crippen MR) is 135 cm³/mol. The Morgan fingerprint density at radius 1 is 1.11 bits per heavy atom. The molecule has 3 rings (SSSR count). The number of halogens is 3. The number of alkyl halides is 3. The maximum atomic E-state index is 12.5. The molecule has 0 spiro atoms. The average molecular weight is 555 g/mol. The number of nitrogens with one attached hydrogen (secondary N) is 1. The van der Waals surface area contributed by atoms with Gasteiger partial charge in [-0.05, 0) is 56.3 Å². The molecular formula is C24H25F3N4O6S. The van der Waals surface area contributed by atoms with E-state index in [1.54, 1.807) is 42.5 Å². The zero-order valence-corrected chi connectivity index (χ0v) is 21.6. The Morgan fingerprint density at radius 3 is 2.16 bits per heavy atom. The molecule has 14 heteroatoms. The number of esters is 2. The Morgan fingerprint density at radius 2 is 1.66 bits per heavy atom. The van der Waals surface area contributed by atoms with Gasteiger partial charge in [0.1, 0.15) is 11.6 Å². The standard InChI is InChI=1S/C22H24N4O4S.C2HF3O2/c1-22(2,20(28)29-4)12-26(3)21-25-16-10-7-14(11-17(16)31-21)19(27)30-15-8-5-13(6-9-15)18(23)24;3-2(4,5)1(6)7/h5-11H,12H2,1-4H3,(H3,23,24);(H,6,7). The van der Waals surface area contributed by atoms with Gasteiger partial charge in [-0.25, -0.2) is 14.6 Å². The number of carboxylic acid groups (broad SMARTS) is 1. The van der Waals surface area contributed by atoms with Gasteiger partial charge in [-0.1, -0.05) is 11.3 Å². The molecular weight excluding hydrogens is 529 g/mol. The quantitative estimate of drug-likeness (QED) is 0.170. The van der Waals surface area contributed by atoms with Gasteiger partial charge in [0.05, 0.1) is 28.3 Å². The molecule has 0 atom stereocenters. The van der Waals surface area contributed by atoms with Gasteiger partial charge in [-0.15, -0.1) is 0 Å². The molecule has 0 saturated carbocycles. The average Bonchev–Trinajstić information content (AvgIpc) is 3.27. The minimum atomic E-state index is -5.08. The zero-order valence-electron chi connectivity index (χ0n) is 20.8. The zero-order chi connectivity index (χ0) is 28.8. The molecule has 3 aromatic rings. The van der Waals surface area contributed by atoms with E-state index in [4.69, 9.17) is 30.5 Å². The highest BCUT2D eigenvalue weighted by atomic mass is 32.1. The number of fused-ring (bicyclic) bond motifs is 1. The number of nitrogen functional groups attached to an aromatic ring is 1. The second-order valence-corrected chi connectivity index (χ2v) is 9.55. The molecule has 0 radical (unpaired) electrons. The molecule has 204 valence electrons. The van der Waals surface area contributed by atoms with E-state index in [-0.39, 0.29) is 11.8 Å². The van der Waals surface area contributed by atoms with E-state index < -0.39 is 23.5 Å². The second-order valence-electron chi connectivity index (χ2n) is 8.54. The monoisotopic (exact) mass is 554 g/mol. The van der Waals surface area contributed by atoms with Crippen molar-refractivity contribution < 1.29 is 42.1 Å². The van der Waals surface area contributed by atoms with Crippen molar-refractivity contribution in [2.75, 3.05) is 25.6 Å². The molecule has 0 fully saturated rings. The fourth-order valence-corrected chi connectivity index (χ4v) is 4.04. The maximum Gasteiger partial charge on any atom is 0.490 e. The number of benzene rings is 2. The Hall–Kier alpha value is -4.20. The minimum Gasteiger partial charge on any atom is -0.475 e. The number of methoxy groups -OCH3 is 1. The van der Waals surface area contributed by atoms with Crippen LogP contribution in [0.4, 0.5) is 18.3 Å². The number of rotatable bonds is 7. The number of carboxylic acids is 1. The Labute approximate surface area is 219 Å². The summed E-state index contributed by atoms with van der Waals surface area (Å²) < 4.78 is 42.9. The second kappa shape index (κ2) is 11.9. The highest BCUT2D eigenvalue weighted by Crippen LogP contribution is 2.31. The predicted octanol–water partition coefficient (Wildman–Crippen LogP) is 4.07. The van der Waals surface area contributed by atoms with E-state index in [9.17, 15) is 22.8 Å². The summed E-state index contributed by atoms with van der Waals surface area (Å²) >= 11 is 1.43. The summed E-state index contributed by atoms with van der Waals surface area (Å²) in [6.45, 7) is 4.07. The number of hydrogen-bond acceptors (Lipinski definition) is 9. The summed E-state index contributed by atoms with van der Waals surface area (Å²) in [5.41, 5.74) is 6.45. The van der Waals surface area contributed by atoms with Gasteiger partial charge in [0.2, 0.25) is 0 Å². The van der Waals surface area contributed by atoms with Crippen LogP contribution in [0.3, 0.4) is 0 Å². The van der Waals surface area contributed by atoms with Crippen molar-refractivity contribution in [2.45, 2.75) is 20.0 Å². The summed E-state index contributed by atoms with van der Waals surface area (Å²) in [6.07, 6.45) is -5.08. The van der Waals surface area contributed by atoms with Crippen molar-refractivity contribution in [1.29, 1.82) is 5.41 Å². The van der Waals surface area contributed by atoms with Crippen molar-refractivity contribution in [2.24, 2.45) is 11.1 Å².